The summed E-state index contributed by atoms with van der Waals surface area (Å²) in [5.41, 5.74) is 0.596. The first-order chi connectivity index (χ1) is 4.75. The Morgan fingerprint density at radius 3 is 2.90 bits per heavy atom. The first kappa shape index (κ1) is 7.32. The van der Waals surface area contributed by atoms with E-state index in [1.165, 1.54) is 0 Å². The van der Waals surface area contributed by atoms with Gasteiger partial charge in [0.15, 0.2) is 5.78 Å². The number of rotatable bonds is 0. The molecule has 0 aromatic rings. The lowest BCUT2D eigenvalue weighted by molar-refractivity contribution is -0.120. The summed E-state index contributed by atoms with van der Waals surface area (Å²) >= 11 is 0. The molecule has 1 saturated carbocycles. The van der Waals surface area contributed by atoms with E-state index in [4.69, 9.17) is 5.11 Å². The minimum atomic E-state index is 0.118. The number of carbonyl (C=O) groups is 1. The molecule has 0 unspecified atom stereocenters. The third kappa shape index (κ3) is 1.20. The van der Waals surface area contributed by atoms with Crippen molar-refractivity contribution in [3.8, 4) is 0 Å². The quantitative estimate of drug-likeness (QED) is 0.411. The molecule has 0 spiro atoms. The van der Waals surface area contributed by atoms with Crippen LogP contribution in [0.25, 0.3) is 0 Å². The molecule has 1 fully saturated rings. The Bertz CT molecular complexity index is 170. The topological polar surface area (TPSA) is 37.3 Å². The molecule has 10 heavy (non-hydrogen) atoms. The molecule has 1 rings (SSSR count). The zero-order chi connectivity index (χ0) is 7.56. The second-order valence-electron chi connectivity index (χ2n) is 2.81. The zero-order valence-corrected chi connectivity index (χ0v) is 6.13. The van der Waals surface area contributed by atoms with Gasteiger partial charge in [0.2, 0.25) is 0 Å². The van der Waals surface area contributed by atoms with Gasteiger partial charge in [-0.3, -0.25) is 4.79 Å². The molecule has 0 aromatic carbocycles. The van der Waals surface area contributed by atoms with Gasteiger partial charge in [-0.1, -0.05) is 6.92 Å². The van der Waals surface area contributed by atoms with Gasteiger partial charge >= 0.3 is 0 Å². The first-order valence-electron chi connectivity index (χ1n) is 3.63. The molecule has 56 valence electrons. The molecular weight excluding hydrogens is 128 g/mol. The van der Waals surface area contributed by atoms with Crippen LogP contribution in [-0.4, -0.2) is 10.9 Å². The van der Waals surface area contributed by atoms with Crippen molar-refractivity contribution in [1.82, 2.24) is 0 Å². The molecule has 0 saturated heterocycles. The monoisotopic (exact) mass is 140 g/mol. The van der Waals surface area contributed by atoms with E-state index in [2.05, 4.69) is 0 Å². The van der Waals surface area contributed by atoms with Crippen LogP contribution in [0.4, 0.5) is 0 Å². The maximum absolute atomic E-state index is 11.1. The third-order valence-electron chi connectivity index (χ3n) is 2.00. The van der Waals surface area contributed by atoms with Crippen molar-refractivity contribution in [1.29, 1.82) is 0 Å². The van der Waals surface area contributed by atoms with Crippen LogP contribution < -0.4 is 0 Å². The average molecular weight is 140 g/mol. The summed E-state index contributed by atoms with van der Waals surface area (Å²) in [4.78, 5) is 11.1. The second kappa shape index (κ2) is 2.86. The Labute approximate surface area is 60.6 Å². The largest absolute Gasteiger partial charge is 0.515 e. The van der Waals surface area contributed by atoms with Crippen molar-refractivity contribution in [3.05, 3.63) is 11.8 Å². The number of Topliss-reactive ketones (excluding diaryl/α,β-unsaturated/α-hetero) is 1. The molecule has 0 bridgehead atoms. The van der Waals surface area contributed by atoms with Crippen molar-refractivity contribution >= 4 is 5.78 Å². The van der Waals surface area contributed by atoms with Gasteiger partial charge in [0, 0.05) is 11.5 Å². The van der Waals surface area contributed by atoms with Gasteiger partial charge in [-0.05, 0) is 19.3 Å². The summed E-state index contributed by atoms with van der Waals surface area (Å²) in [7, 11) is 0. The Morgan fingerprint density at radius 1 is 1.70 bits per heavy atom. The number of hydrogen-bond donors (Lipinski definition) is 1. The maximum Gasteiger partial charge on any atom is 0.164 e. The SMILES string of the molecule is C[C@H]1CCC/C(=C\O)C1=O. The molecule has 0 amide bonds. The Balaban J connectivity index is 2.69. The highest BCUT2D eigenvalue weighted by atomic mass is 16.2. The fourth-order valence-corrected chi connectivity index (χ4v) is 1.30. The van der Waals surface area contributed by atoms with Crippen LogP contribution in [0.5, 0.6) is 0 Å². The molecule has 0 heterocycles. The van der Waals surface area contributed by atoms with E-state index in [1.807, 2.05) is 6.92 Å². The lowest BCUT2D eigenvalue weighted by Gasteiger charge is -2.17. The van der Waals surface area contributed by atoms with Crippen LogP contribution in [0.2, 0.25) is 0 Å². The molecular formula is C8H12O2. The Morgan fingerprint density at radius 2 is 2.40 bits per heavy atom. The smallest absolute Gasteiger partial charge is 0.164 e. The van der Waals surface area contributed by atoms with E-state index < -0.39 is 0 Å². The molecule has 1 aliphatic carbocycles. The van der Waals surface area contributed by atoms with Crippen LogP contribution in [0.1, 0.15) is 26.2 Å². The molecule has 0 aliphatic heterocycles. The lowest BCUT2D eigenvalue weighted by atomic mass is 9.86. The van der Waals surface area contributed by atoms with E-state index in [0.29, 0.717) is 5.57 Å². The Hall–Kier alpha value is -0.790. The molecule has 1 N–H and O–H groups in total. The Kier molecular flexibility index (Phi) is 2.10. The molecule has 2 heteroatoms. The van der Waals surface area contributed by atoms with Crippen molar-refractivity contribution in [2.24, 2.45) is 5.92 Å². The molecule has 0 aromatic heterocycles. The number of aliphatic hydroxyl groups is 1. The van der Waals surface area contributed by atoms with Crippen LogP contribution in [-0.2, 0) is 4.79 Å². The van der Waals surface area contributed by atoms with E-state index >= 15 is 0 Å². The molecule has 1 atom stereocenters. The summed E-state index contributed by atoms with van der Waals surface area (Å²) in [6.45, 7) is 1.91. The van der Waals surface area contributed by atoms with Crippen LogP contribution >= 0.6 is 0 Å². The number of carbonyl (C=O) groups excluding carboxylic acids is 1. The normalized spacial score (nSPS) is 31.1. The number of allylic oxidation sites excluding steroid dienone is 1. The minimum Gasteiger partial charge on any atom is -0.515 e. The van der Waals surface area contributed by atoms with Crippen LogP contribution in [0.15, 0.2) is 11.8 Å². The van der Waals surface area contributed by atoms with E-state index in [-0.39, 0.29) is 11.7 Å². The summed E-state index contributed by atoms with van der Waals surface area (Å²) in [5, 5.41) is 8.60. The molecule has 2 nitrogen and oxygen atoms in total. The zero-order valence-electron chi connectivity index (χ0n) is 6.13. The fourth-order valence-electron chi connectivity index (χ4n) is 1.30. The number of hydrogen-bond acceptors (Lipinski definition) is 2. The summed E-state index contributed by atoms with van der Waals surface area (Å²) in [6, 6.07) is 0. The molecule has 0 radical (unpaired) electrons. The third-order valence-corrected chi connectivity index (χ3v) is 2.00. The van der Waals surface area contributed by atoms with Crippen molar-refractivity contribution in [2.75, 3.05) is 0 Å². The van der Waals surface area contributed by atoms with Crippen LogP contribution in [0.3, 0.4) is 0 Å². The van der Waals surface area contributed by atoms with Gasteiger partial charge in [0.05, 0.1) is 6.26 Å². The summed E-state index contributed by atoms with van der Waals surface area (Å²) < 4.78 is 0. The van der Waals surface area contributed by atoms with Gasteiger partial charge in [0.25, 0.3) is 0 Å². The van der Waals surface area contributed by atoms with E-state index in [9.17, 15) is 4.79 Å². The summed E-state index contributed by atoms with van der Waals surface area (Å²) in [6.07, 6.45) is 3.70. The predicted molar refractivity (Wildman–Crippen MR) is 38.7 cm³/mol. The van der Waals surface area contributed by atoms with Gasteiger partial charge in [-0.2, -0.15) is 0 Å². The van der Waals surface area contributed by atoms with E-state index in [0.717, 1.165) is 25.5 Å². The highest BCUT2D eigenvalue weighted by Crippen LogP contribution is 2.23. The van der Waals surface area contributed by atoms with Crippen molar-refractivity contribution in [2.45, 2.75) is 26.2 Å². The highest BCUT2D eigenvalue weighted by molar-refractivity contribution is 5.97. The lowest BCUT2D eigenvalue weighted by Crippen LogP contribution is -2.18. The van der Waals surface area contributed by atoms with Crippen molar-refractivity contribution < 1.29 is 9.90 Å². The summed E-state index contributed by atoms with van der Waals surface area (Å²) in [5.74, 6) is 0.237. The standard InChI is InChI=1S/C8H12O2/c1-6-3-2-4-7(5-9)8(6)10/h5-6,9H,2-4H2,1H3/b7-5+/t6-/m0/s1. The van der Waals surface area contributed by atoms with Gasteiger partial charge in [-0.25, -0.2) is 0 Å². The van der Waals surface area contributed by atoms with E-state index in [1.54, 1.807) is 0 Å². The minimum absolute atomic E-state index is 0.118. The van der Waals surface area contributed by atoms with Gasteiger partial charge < -0.3 is 5.11 Å². The van der Waals surface area contributed by atoms with Gasteiger partial charge in [0.1, 0.15) is 0 Å². The van der Waals surface area contributed by atoms with Gasteiger partial charge in [-0.15, -0.1) is 0 Å². The first-order valence-corrected chi connectivity index (χ1v) is 3.63. The predicted octanol–water partition coefficient (Wildman–Crippen LogP) is 1.82. The second-order valence-corrected chi connectivity index (χ2v) is 2.81. The highest BCUT2D eigenvalue weighted by Gasteiger charge is 2.22. The van der Waals surface area contributed by atoms with Crippen LogP contribution in [0, 0.1) is 5.92 Å². The average Bonchev–Trinajstić information content (AvgIpc) is 1.95. The fraction of sp³-hybridized carbons (Fsp3) is 0.625. The maximum atomic E-state index is 11.1. The van der Waals surface area contributed by atoms with Crippen molar-refractivity contribution in [3.63, 3.8) is 0 Å². The molecule has 1 aliphatic rings. The number of ketones is 1. The number of aliphatic hydroxyl groups excluding tert-OH is 1.